The number of benzene rings is 5. The van der Waals surface area contributed by atoms with E-state index in [4.69, 9.17) is 0 Å². The lowest BCUT2D eigenvalue weighted by Gasteiger charge is -2.14. The predicted molar refractivity (Wildman–Crippen MR) is 137 cm³/mol. The van der Waals surface area contributed by atoms with E-state index in [1.165, 1.54) is 49.4 Å². The molecule has 0 amide bonds. The number of hydrogen-bond donors (Lipinski definition) is 0. The van der Waals surface area contributed by atoms with Crippen LogP contribution in [0, 0.1) is 0 Å². The smallest absolute Gasteiger partial charge is 0.00961 e. The molecule has 0 radical (unpaired) electrons. The SMILES string of the molecule is CC(=Cc1c2ccccc2c(/C=C/c2ccccc2)c2ccccc12)c1ccccc1. The largest absolute Gasteiger partial charge is 0.0622 e. The lowest BCUT2D eigenvalue weighted by molar-refractivity contribution is 1.58. The molecular formula is C31H24. The van der Waals surface area contributed by atoms with Crippen molar-refractivity contribution in [3.63, 3.8) is 0 Å². The quantitative estimate of drug-likeness (QED) is 0.210. The van der Waals surface area contributed by atoms with Crippen molar-refractivity contribution >= 4 is 45.3 Å². The van der Waals surface area contributed by atoms with E-state index in [1.54, 1.807) is 0 Å². The third kappa shape index (κ3) is 3.81. The van der Waals surface area contributed by atoms with E-state index in [0.29, 0.717) is 0 Å². The summed E-state index contributed by atoms with van der Waals surface area (Å²) in [4.78, 5) is 0. The van der Waals surface area contributed by atoms with Crippen LogP contribution in [-0.4, -0.2) is 0 Å². The summed E-state index contributed by atoms with van der Waals surface area (Å²) in [6.45, 7) is 2.20. The molecule has 5 aromatic carbocycles. The fourth-order valence-electron chi connectivity index (χ4n) is 4.28. The minimum absolute atomic E-state index is 1.21. The van der Waals surface area contributed by atoms with Gasteiger partial charge in [-0.05, 0) is 56.3 Å². The van der Waals surface area contributed by atoms with Crippen molar-refractivity contribution in [2.45, 2.75) is 6.92 Å². The zero-order valence-corrected chi connectivity index (χ0v) is 17.6. The van der Waals surface area contributed by atoms with Crippen LogP contribution in [0.3, 0.4) is 0 Å². The maximum Gasteiger partial charge on any atom is -0.00961 e. The van der Waals surface area contributed by atoms with Gasteiger partial charge in [-0.2, -0.15) is 0 Å². The van der Waals surface area contributed by atoms with Gasteiger partial charge in [0.25, 0.3) is 0 Å². The molecule has 5 rings (SSSR count). The number of allylic oxidation sites excluding steroid dienone is 1. The summed E-state index contributed by atoms with van der Waals surface area (Å²) in [6.07, 6.45) is 6.81. The highest BCUT2D eigenvalue weighted by molar-refractivity contribution is 6.14. The first-order chi connectivity index (χ1) is 15.3. The highest BCUT2D eigenvalue weighted by Gasteiger charge is 2.11. The Morgan fingerprint density at radius 2 is 0.935 bits per heavy atom. The molecular weight excluding hydrogens is 372 g/mol. The highest BCUT2D eigenvalue weighted by Crippen LogP contribution is 2.36. The van der Waals surface area contributed by atoms with Crippen LogP contribution in [0.5, 0.6) is 0 Å². The predicted octanol–water partition coefficient (Wildman–Crippen LogP) is 8.72. The lowest BCUT2D eigenvalue weighted by atomic mass is 9.90. The Morgan fingerprint density at radius 1 is 0.484 bits per heavy atom. The molecule has 0 saturated heterocycles. The molecule has 0 unspecified atom stereocenters. The first-order valence-electron chi connectivity index (χ1n) is 10.7. The fourth-order valence-corrected chi connectivity index (χ4v) is 4.28. The summed E-state index contributed by atoms with van der Waals surface area (Å²) in [5, 5.41) is 5.12. The molecule has 0 fully saturated rings. The van der Waals surface area contributed by atoms with Crippen LogP contribution in [0.4, 0.5) is 0 Å². The summed E-state index contributed by atoms with van der Waals surface area (Å²) >= 11 is 0. The molecule has 0 nitrogen and oxygen atoms in total. The molecule has 0 aliphatic rings. The maximum atomic E-state index is 2.34. The second-order valence-corrected chi connectivity index (χ2v) is 7.86. The first kappa shape index (κ1) is 19.1. The highest BCUT2D eigenvalue weighted by atomic mass is 14.1. The maximum absolute atomic E-state index is 2.34. The average Bonchev–Trinajstić information content (AvgIpc) is 2.84. The summed E-state index contributed by atoms with van der Waals surface area (Å²) in [5.74, 6) is 0. The Balaban J connectivity index is 1.77. The van der Waals surface area contributed by atoms with Crippen LogP contribution < -0.4 is 0 Å². The number of rotatable bonds is 4. The van der Waals surface area contributed by atoms with Gasteiger partial charge in [0.1, 0.15) is 0 Å². The third-order valence-corrected chi connectivity index (χ3v) is 5.85. The fraction of sp³-hybridized carbons (Fsp3) is 0.0323. The average molecular weight is 397 g/mol. The van der Waals surface area contributed by atoms with E-state index >= 15 is 0 Å². The Morgan fingerprint density at radius 3 is 1.48 bits per heavy atom. The van der Waals surface area contributed by atoms with Crippen molar-refractivity contribution in [3.8, 4) is 0 Å². The van der Waals surface area contributed by atoms with Gasteiger partial charge >= 0.3 is 0 Å². The summed E-state index contributed by atoms with van der Waals surface area (Å²) in [6, 6.07) is 38.6. The second-order valence-electron chi connectivity index (χ2n) is 7.86. The Kier molecular flexibility index (Phi) is 5.21. The van der Waals surface area contributed by atoms with Gasteiger partial charge < -0.3 is 0 Å². The van der Waals surface area contributed by atoms with E-state index in [2.05, 4.69) is 134 Å². The molecule has 31 heavy (non-hydrogen) atoms. The molecule has 5 aromatic rings. The van der Waals surface area contributed by atoms with Crippen molar-refractivity contribution in [1.29, 1.82) is 0 Å². The van der Waals surface area contributed by atoms with E-state index in [1.807, 2.05) is 0 Å². The van der Waals surface area contributed by atoms with E-state index in [-0.39, 0.29) is 0 Å². The lowest BCUT2D eigenvalue weighted by Crippen LogP contribution is -1.89. The van der Waals surface area contributed by atoms with Gasteiger partial charge in [-0.15, -0.1) is 0 Å². The van der Waals surface area contributed by atoms with Gasteiger partial charge in [-0.25, -0.2) is 0 Å². The van der Waals surface area contributed by atoms with Gasteiger partial charge in [0, 0.05) is 0 Å². The van der Waals surface area contributed by atoms with Gasteiger partial charge in [0.05, 0.1) is 0 Å². The number of fused-ring (bicyclic) bond motifs is 2. The molecule has 0 heteroatoms. The van der Waals surface area contributed by atoms with Gasteiger partial charge in [-0.1, -0.05) is 127 Å². The van der Waals surface area contributed by atoms with Crippen molar-refractivity contribution in [2.24, 2.45) is 0 Å². The Bertz CT molecular complexity index is 1350. The molecule has 0 heterocycles. The molecule has 0 saturated carbocycles. The summed E-state index contributed by atoms with van der Waals surface area (Å²) < 4.78 is 0. The minimum Gasteiger partial charge on any atom is -0.0622 e. The van der Waals surface area contributed by atoms with Gasteiger partial charge in [-0.3, -0.25) is 0 Å². The zero-order valence-electron chi connectivity index (χ0n) is 17.6. The van der Waals surface area contributed by atoms with E-state index in [0.717, 1.165) is 0 Å². The molecule has 148 valence electrons. The summed E-state index contributed by atoms with van der Waals surface area (Å²) in [5.41, 5.74) is 6.28. The first-order valence-corrected chi connectivity index (χ1v) is 10.7. The molecule has 0 aromatic heterocycles. The third-order valence-electron chi connectivity index (χ3n) is 5.85. The summed E-state index contributed by atoms with van der Waals surface area (Å²) in [7, 11) is 0. The van der Waals surface area contributed by atoms with Crippen molar-refractivity contribution in [2.75, 3.05) is 0 Å². The molecule has 0 aliphatic heterocycles. The van der Waals surface area contributed by atoms with E-state index in [9.17, 15) is 0 Å². The van der Waals surface area contributed by atoms with Crippen LogP contribution in [0.2, 0.25) is 0 Å². The van der Waals surface area contributed by atoms with Crippen molar-refractivity contribution < 1.29 is 0 Å². The standard InChI is InChI=1S/C31H24/c1-23(25-14-6-3-7-15-25)22-31-28-18-10-8-16-26(28)30(27-17-9-11-19-29(27)31)21-20-24-12-4-2-5-13-24/h2-22H,1H3/b21-20+,23-22?. The molecule has 0 bridgehead atoms. The topological polar surface area (TPSA) is 0 Å². The second kappa shape index (κ2) is 8.45. The van der Waals surface area contributed by atoms with Crippen LogP contribution >= 0.6 is 0 Å². The molecule has 0 N–H and O–H groups in total. The van der Waals surface area contributed by atoms with Gasteiger partial charge in [0.15, 0.2) is 0 Å². The van der Waals surface area contributed by atoms with Gasteiger partial charge in [0.2, 0.25) is 0 Å². The molecule has 0 spiro atoms. The monoisotopic (exact) mass is 396 g/mol. The van der Waals surface area contributed by atoms with Crippen molar-refractivity contribution in [1.82, 2.24) is 0 Å². The van der Waals surface area contributed by atoms with Crippen molar-refractivity contribution in [3.05, 3.63) is 131 Å². The van der Waals surface area contributed by atoms with Crippen LogP contribution in [0.1, 0.15) is 29.2 Å². The minimum atomic E-state index is 1.21. The van der Waals surface area contributed by atoms with Crippen LogP contribution in [0.15, 0.2) is 109 Å². The Labute approximate surface area is 183 Å². The molecule has 0 atom stereocenters. The zero-order chi connectivity index (χ0) is 21.0. The normalized spacial score (nSPS) is 12.1. The van der Waals surface area contributed by atoms with Crippen LogP contribution in [-0.2, 0) is 0 Å². The Hall–Kier alpha value is -3.90. The molecule has 0 aliphatic carbocycles. The number of hydrogen-bond acceptors (Lipinski definition) is 0. The van der Waals surface area contributed by atoms with Crippen LogP contribution in [0.25, 0.3) is 45.3 Å². The van der Waals surface area contributed by atoms with E-state index < -0.39 is 0 Å².